The molecule has 0 amide bonds. The molecule has 0 N–H and O–H groups in total. The first-order valence-electron chi connectivity index (χ1n) is 13.3. The molecule has 12 heteroatoms. The van der Waals surface area contributed by atoms with Crippen molar-refractivity contribution in [3.05, 3.63) is 87.1 Å². The van der Waals surface area contributed by atoms with Crippen LogP contribution in [0.25, 0.3) is 6.08 Å². The fourth-order valence-electron chi connectivity index (χ4n) is 4.47. The highest BCUT2D eigenvalue weighted by atomic mass is 127. The minimum Gasteiger partial charge on any atom is -0.491 e. The average Bonchev–Trinajstić information content (AvgIpc) is 3.21. The third-order valence-electron chi connectivity index (χ3n) is 6.06. The predicted octanol–water partition coefficient (Wildman–Crippen LogP) is 4.79. The zero-order valence-corrected chi connectivity index (χ0v) is 27.5. The molecule has 1 aliphatic rings. The van der Waals surface area contributed by atoms with E-state index >= 15 is 0 Å². The Labute approximate surface area is 265 Å². The fourth-order valence-corrected chi connectivity index (χ4v) is 6.72. The zero-order valence-electron chi connectivity index (χ0n) is 23.7. The Kier molecular flexibility index (Phi) is 10.5. The van der Waals surface area contributed by atoms with Crippen LogP contribution in [0.3, 0.4) is 0 Å². The first kappa shape index (κ1) is 31.8. The SMILES string of the molecule is CCOC(=O)COc1c(I)cc(Cl)cc1/C=c1\sc2n(c1=O)[C@@H](c1ccccc1OC(C)C)C(C(=O)OCC)=C(C)N=2. The minimum atomic E-state index is -0.837. The third kappa shape index (κ3) is 6.90. The van der Waals surface area contributed by atoms with E-state index in [1.54, 1.807) is 39.0 Å². The quantitative estimate of drug-likeness (QED) is 0.219. The second-order valence-corrected chi connectivity index (χ2v) is 12.0. The van der Waals surface area contributed by atoms with Gasteiger partial charge in [0.05, 0.1) is 38.7 Å². The van der Waals surface area contributed by atoms with Crippen LogP contribution >= 0.6 is 45.5 Å². The van der Waals surface area contributed by atoms with Gasteiger partial charge < -0.3 is 18.9 Å². The predicted molar refractivity (Wildman–Crippen MR) is 169 cm³/mol. The number of allylic oxidation sites excluding steroid dienone is 1. The summed E-state index contributed by atoms with van der Waals surface area (Å²) in [6.07, 6.45) is 1.51. The van der Waals surface area contributed by atoms with Gasteiger partial charge in [0.15, 0.2) is 11.4 Å². The van der Waals surface area contributed by atoms with Crippen molar-refractivity contribution >= 4 is 63.5 Å². The van der Waals surface area contributed by atoms with Gasteiger partial charge in [-0.05, 0) is 81.5 Å². The minimum absolute atomic E-state index is 0.142. The van der Waals surface area contributed by atoms with Crippen LogP contribution in [0, 0.1) is 3.57 Å². The fraction of sp³-hybridized carbons (Fsp3) is 0.333. The standard InChI is InChI=1S/C30H30ClIN2O7S/c1-6-38-24(35)15-40-27-18(12-19(31)14-21(27)32)13-23-28(36)34-26(20-10-8-9-11-22(20)41-16(3)4)25(29(37)39-7-2)17(5)33-30(34)42-23/h8-14,16,26H,6-7,15H2,1-5H3/b23-13-/t26-/m0/s1. The Balaban J connectivity index is 1.93. The highest BCUT2D eigenvalue weighted by molar-refractivity contribution is 14.1. The van der Waals surface area contributed by atoms with Crippen LogP contribution in [0.15, 0.2) is 57.5 Å². The Morgan fingerprint density at radius 3 is 2.57 bits per heavy atom. The molecule has 0 aliphatic carbocycles. The number of halogens is 2. The van der Waals surface area contributed by atoms with Gasteiger partial charge in [-0.15, -0.1) is 0 Å². The first-order valence-corrected chi connectivity index (χ1v) is 15.6. The second kappa shape index (κ2) is 13.9. The van der Waals surface area contributed by atoms with Gasteiger partial charge in [0.1, 0.15) is 17.5 Å². The molecule has 222 valence electrons. The number of nitrogens with zero attached hydrogens (tertiary/aromatic N) is 2. The molecule has 4 rings (SSSR count). The molecule has 0 fully saturated rings. The lowest BCUT2D eigenvalue weighted by molar-refractivity contribution is -0.145. The molecular formula is C30H30ClIN2O7S. The molecule has 0 saturated heterocycles. The van der Waals surface area contributed by atoms with Crippen LogP contribution in [0.4, 0.5) is 0 Å². The number of aromatic nitrogens is 1. The van der Waals surface area contributed by atoms with E-state index < -0.39 is 18.0 Å². The molecule has 1 aromatic heterocycles. The number of hydrogen-bond acceptors (Lipinski definition) is 9. The van der Waals surface area contributed by atoms with Crippen molar-refractivity contribution in [1.29, 1.82) is 0 Å². The summed E-state index contributed by atoms with van der Waals surface area (Å²) < 4.78 is 24.8. The summed E-state index contributed by atoms with van der Waals surface area (Å²) in [5.74, 6) is -0.147. The normalized spacial score (nSPS) is 14.9. The van der Waals surface area contributed by atoms with Crippen LogP contribution in [-0.2, 0) is 19.1 Å². The number of ether oxygens (including phenoxy) is 4. The second-order valence-electron chi connectivity index (χ2n) is 9.41. The molecule has 3 aromatic rings. The molecule has 0 bridgehead atoms. The first-order chi connectivity index (χ1) is 20.0. The van der Waals surface area contributed by atoms with E-state index in [0.717, 1.165) is 0 Å². The molecule has 2 heterocycles. The van der Waals surface area contributed by atoms with Crippen molar-refractivity contribution in [3.8, 4) is 11.5 Å². The largest absolute Gasteiger partial charge is 0.491 e. The molecule has 1 atom stereocenters. The highest BCUT2D eigenvalue weighted by Gasteiger charge is 2.35. The van der Waals surface area contributed by atoms with Gasteiger partial charge in [-0.3, -0.25) is 9.36 Å². The highest BCUT2D eigenvalue weighted by Crippen LogP contribution is 2.36. The number of esters is 2. The van der Waals surface area contributed by atoms with Gasteiger partial charge >= 0.3 is 11.9 Å². The maximum Gasteiger partial charge on any atom is 0.344 e. The average molecular weight is 725 g/mol. The smallest absolute Gasteiger partial charge is 0.344 e. The number of carbonyl (C=O) groups excluding carboxylic acids is 2. The van der Waals surface area contributed by atoms with Crippen molar-refractivity contribution < 1.29 is 28.5 Å². The van der Waals surface area contributed by atoms with Crippen molar-refractivity contribution in [2.24, 2.45) is 4.99 Å². The van der Waals surface area contributed by atoms with Crippen LogP contribution in [0.1, 0.15) is 51.8 Å². The molecule has 9 nitrogen and oxygen atoms in total. The van der Waals surface area contributed by atoms with Crippen LogP contribution < -0.4 is 24.4 Å². The number of carbonyl (C=O) groups is 2. The topological polar surface area (TPSA) is 105 Å². The Morgan fingerprint density at radius 2 is 1.88 bits per heavy atom. The summed E-state index contributed by atoms with van der Waals surface area (Å²) in [5, 5.41) is 0.431. The lowest BCUT2D eigenvalue weighted by atomic mass is 9.95. The molecular weight excluding hydrogens is 695 g/mol. The summed E-state index contributed by atoms with van der Waals surface area (Å²) in [4.78, 5) is 44.4. The van der Waals surface area contributed by atoms with E-state index in [9.17, 15) is 14.4 Å². The Bertz CT molecular complexity index is 1730. The van der Waals surface area contributed by atoms with Gasteiger partial charge in [-0.2, -0.15) is 0 Å². The van der Waals surface area contributed by atoms with Crippen molar-refractivity contribution in [3.63, 3.8) is 0 Å². The molecule has 0 spiro atoms. The van der Waals surface area contributed by atoms with Gasteiger partial charge in [0.25, 0.3) is 5.56 Å². The Morgan fingerprint density at radius 1 is 1.17 bits per heavy atom. The number of hydrogen-bond donors (Lipinski definition) is 0. The number of rotatable bonds is 10. The number of thiazole rings is 1. The van der Waals surface area contributed by atoms with Crippen molar-refractivity contribution in [1.82, 2.24) is 4.57 Å². The van der Waals surface area contributed by atoms with E-state index in [2.05, 4.69) is 27.6 Å². The molecule has 42 heavy (non-hydrogen) atoms. The maximum atomic E-state index is 14.1. The van der Waals surface area contributed by atoms with Gasteiger partial charge in [-0.1, -0.05) is 41.1 Å². The van der Waals surface area contributed by atoms with E-state index in [1.807, 2.05) is 38.1 Å². The monoisotopic (exact) mass is 724 g/mol. The van der Waals surface area contributed by atoms with E-state index in [4.69, 9.17) is 30.5 Å². The molecule has 1 aliphatic heterocycles. The van der Waals surface area contributed by atoms with Gasteiger partial charge in [0, 0.05) is 16.1 Å². The number of benzene rings is 2. The Hall–Kier alpha value is -3.16. The van der Waals surface area contributed by atoms with Crippen LogP contribution in [-0.4, -0.2) is 42.4 Å². The zero-order chi connectivity index (χ0) is 30.6. The lowest BCUT2D eigenvalue weighted by Crippen LogP contribution is -2.40. The van der Waals surface area contributed by atoms with Crippen molar-refractivity contribution in [2.45, 2.75) is 46.8 Å². The van der Waals surface area contributed by atoms with Gasteiger partial charge in [-0.25, -0.2) is 14.6 Å². The summed E-state index contributed by atoms with van der Waals surface area (Å²) in [6, 6.07) is 9.82. The van der Waals surface area contributed by atoms with Crippen LogP contribution in [0.5, 0.6) is 11.5 Å². The van der Waals surface area contributed by atoms with E-state index in [-0.39, 0.29) is 37.1 Å². The number of para-hydroxylation sites is 1. The molecule has 2 aromatic carbocycles. The maximum absolute atomic E-state index is 14.1. The third-order valence-corrected chi connectivity index (χ3v) is 8.06. The molecule has 0 saturated carbocycles. The number of fused-ring (bicyclic) bond motifs is 1. The van der Waals surface area contributed by atoms with Crippen LogP contribution in [0.2, 0.25) is 5.02 Å². The van der Waals surface area contributed by atoms with Crippen molar-refractivity contribution in [2.75, 3.05) is 19.8 Å². The summed E-state index contributed by atoms with van der Waals surface area (Å²) in [5.41, 5.74) is 1.46. The summed E-state index contributed by atoms with van der Waals surface area (Å²) in [7, 11) is 0. The summed E-state index contributed by atoms with van der Waals surface area (Å²) in [6.45, 7) is 9.07. The van der Waals surface area contributed by atoms with Gasteiger partial charge in [0.2, 0.25) is 0 Å². The van der Waals surface area contributed by atoms with E-state index in [0.29, 0.717) is 46.2 Å². The molecule has 0 radical (unpaired) electrons. The van der Waals surface area contributed by atoms with E-state index in [1.165, 1.54) is 15.9 Å². The molecule has 0 unspecified atom stereocenters. The lowest BCUT2D eigenvalue weighted by Gasteiger charge is -2.26. The summed E-state index contributed by atoms with van der Waals surface area (Å²) >= 11 is 9.59.